The summed E-state index contributed by atoms with van der Waals surface area (Å²) in [5, 5.41) is 0. The number of nitrogen functional groups attached to an aromatic ring is 2. The highest BCUT2D eigenvalue weighted by atomic mass is 35.5. The minimum Gasteiger partial charge on any atom is -0.398 e. The maximum absolute atomic E-state index is 5.80. The van der Waals surface area contributed by atoms with Gasteiger partial charge in [-0.15, -0.1) is 12.4 Å². The summed E-state index contributed by atoms with van der Waals surface area (Å²) < 4.78 is 0. The van der Waals surface area contributed by atoms with E-state index in [0.29, 0.717) is 24.4 Å². The van der Waals surface area contributed by atoms with Crippen LogP contribution in [0.5, 0.6) is 0 Å². The molecule has 1 aliphatic heterocycles. The molecule has 0 aromatic heterocycles. The molecule has 0 saturated carbocycles. The molecule has 1 aromatic carbocycles. The molecular formula is C10H13ClN2O2. The zero-order valence-electron chi connectivity index (χ0n) is 8.10. The lowest BCUT2D eigenvalue weighted by atomic mass is 10.1. The van der Waals surface area contributed by atoms with Crippen LogP contribution >= 0.6 is 12.4 Å². The normalized spacial score (nSPS) is 14.0. The average Bonchev–Trinajstić information content (AvgIpc) is 2.64. The first-order chi connectivity index (χ1) is 6.77. The van der Waals surface area contributed by atoms with E-state index in [-0.39, 0.29) is 12.4 Å². The minimum absolute atomic E-state index is 0. The number of hydrogen-bond acceptors (Lipinski definition) is 4. The molecule has 82 valence electrons. The van der Waals surface area contributed by atoms with E-state index in [1.807, 2.05) is 24.3 Å². The Morgan fingerprint density at radius 1 is 1.20 bits per heavy atom. The Kier molecular flexibility index (Phi) is 3.82. The van der Waals surface area contributed by atoms with Crippen LogP contribution < -0.4 is 11.5 Å². The van der Waals surface area contributed by atoms with Gasteiger partial charge in [0.25, 0.3) is 0 Å². The second kappa shape index (κ2) is 4.91. The summed E-state index contributed by atoms with van der Waals surface area (Å²) in [7, 11) is 0. The predicted molar refractivity (Wildman–Crippen MR) is 61.3 cm³/mol. The highest BCUT2D eigenvalue weighted by Crippen LogP contribution is 2.24. The van der Waals surface area contributed by atoms with Gasteiger partial charge in [0.05, 0.1) is 0 Å². The third kappa shape index (κ3) is 2.55. The molecule has 0 saturated heterocycles. The number of nitrogens with two attached hydrogens (primary N) is 2. The zero-order chi connectivity index (χ0) is 9.97. The van der Waals surface area contributed by atoms with Crippen LogP contribution in [0.25, 0.3) is 0 Å². The summed E-state index contributed by atoms with van der Waals surface area (Å²) in [6, 6.07) is 5.47. The van der Waals surface area contributed by atoms with Gasteiger partial charge in [-0.25, -0.2) is 0 Å². The predicted octanol–water partition coefficient (Wildman–Crippen LogP) is 1.66. The number of halogens is 1. The Morgan fingerprint density at radius 3 is 2.40 bits per heavy atom. The van der Waals surface area contributed by atoms with Crippen LogP contribution in [0.3, 0.4) is 0 Å². The summed E-state index contributed by atoms with van der Waals surface area (Å²) in [6.07, 6.45) is 2.45. The van der Waals surface area contributed by atoms with Gasteiger partial charge in [0, 0.05) is 23.4 Å². The van der Waals surface area contributed by atoms with Crippen molar-refractivity contribution >= 4 is 23.8 Å². The molecule has 0 fully saturated rings. The van der Waals surface area contributed by atoms with Crippen molar-refractivity contribution in [1.29, 1.82) is 0 Å². The Morgan fingerprint density at radius 2 is 1.87 bits per heavy atom. The lowest BCUT2D eigenvalue weighted by Gasteiger charge is -2.08. The Bertz CT molecular complexity index is 359. The minimum atomic E-state index is 0. The van der Waals surface area contributed by atoms with E-state index in [1.54, 1.807) is 0 Å². The SMILES string of the molecule is Cl.Nc1cccc(N)c1CC1=CCOO1. The van der Waals surface area contributed by atoms with Gasteiger partial charge in [0.2, 0.25) is 0 Å². The van der Waals surface area contributed by atoms with Crippen molar-refractivity contribution in [3.8, 4) is 0 Å². The fraction of sp³-hybridized carbons (Fsp3) is 0.200. The van der Waals surface area contributed by atoms with Crippen LogP contribution in [-0.2, 0) is 16.2 Å². The van der Waals surface area contributed by atoms with E-state index in [4.69, 9.17) is 21.2 Å². The molecule has 4 nitrogen and oxygen atoms in total. The first kappa shape index (κ1) is 11.7. The van der Waals surface area contributed by atoms with Crippen LogP contribution in [0.15, 0.2) is 30.0 Å². The van der Waals surface area contributed by atoms with Gasteiger partial charge in [-0.3, -0.25) is 0 Å². The van der Waals surface area contributed by atoms with E-state index in [1.165, 1.54) is 0 Å². The monoisotopic (exact) mass is 228 g/mol. The van der Waals surface area contributed by atoms with Gasteiger partial charge in [0.15, 0.2) is 0 Å². The van der Waals surface area contributed by atoms with Crippen molar-refractivity contribution in [2.45, 2.75) is 6.42 Å². The van der Waals surface area contributed by atoms with Gasteiger partial charge in [0.1, 0.15) is 12.4 Å². The van der Waals surface area contributed by atoms with Crippen molar-refractivity contribution in [3.05, 3.63) is 35.6 Å². The van der Waals surface area contributed by atoms with Crippen molar-refractivity contribution in [3.63, 3.8) is 0 Å². The van der Waals surface area contributed by atoms with Gasteiger partial charge in [-0.1, -0.05) is 6.07 Å². The lowest BCUT2D eigenvalue weighted by Crippen LogP contribution is -2.01. The molecule has 1 aromatic rings. The summed E-state index contributed by atoms with van der Waals surface area (Å²) in [5.41, 5.74) is 13.8. The standard InChI is InChI=1S/C10H12N2O2.ClH/c11-9-2-1-3-10(12)8(9)6-7-4-5-13-14-7;/h1-4H,5-6,11-12H2;1H. The summed E-state index contributed by atoms with van der Waals surface area (Å²) in [4.78, 5) is 9.65. The largest absolute Gasteiger partial charge is 0.398 e. The molecular weight excluding hydrogens is 216 g/mol. The van der Waals surface area contributed by atoms with E-state index >= 15 is 0 Å². The smallest absolute Gasteiger partial charge is 0.145 e. The highest BCUT2D eigenvalue weighted by molar-refractivity contribution is 5.85. The van der Waals surface area contributed by atoms with Gasteiger partial charge >= 0.3 is 0 Å². The van der Waals surface area contributed by atoms with Crippen molar-refractivity contribution in [2.75, 3.05) is 18.1 Å². The molecule has 0 spiro atoms. The first-order valence-electron chi connectivity index (χ1n) is 4.38. The molecule has 0 aliphatic carbocycles. The van der Waals surface area contributed by atoms with Crippen LogP contribution in [0, 0.1) is 0 Å². The van der Waals surface area contributed by atoms with Gasteiger partial charge < -0.3 is 16.4 Å². The first-order valence-corrected chi connectivity index (χ1v) is 4.38. The third-order valence-corrected chi connectivity index (χ3v) is 2.14. The molecule has 15 heavy (non-hydrogen) atoms. The molecule has 0 amide bonds. The fourth-order valence-electron chi connectivity index (χ4n) is 1.37. The fourth-order valence-corrected chi connectivity index (χ4v) is 1.37. The molecule has 2 rings (SSSR count). The van der Waals surface area contributed by atoms with Crippen molar-refractivity contribution < 1.29 is 9.78 Å². The van der Waals surface area contributed by atoms with Crippen LogP contribution in [0.2, 0.25) is 0 Å². The quantitative estimate of drug-likeness (QED) is 0.597. The van der Waals surface area contributed by atoms with E-state index in [0.717, 1.165) is 11.3 Å². The molecule has 1 aliphatic rings. The van der Waals surface area contributed by atoms with Crippen LogP contribution in [0.1, 0.15) is 5.56 Å². The van der Waals surface area contributed by atoms with Crippen LogP contribution in [0.4, 0.5) is 11.4 Å². The Hall–Kier alpha value is -1.39. The second-order valence-electron chi connectivity index (χ2n) is 3.13. The summed E-state index contributed by atoms with van der Waals surface area (Å²) >= 11 is 0. The van der Waals surface area contributed by atoms with E-state index in [9.17, 15) is 0 Å². The molecule has 1 heterocycles. The molecule has 0 bridgehead atoms. The molecule has 0 radical (unpaired) electrons. The topological polar surface area (TPSA) is 70.5 Å². The van der Waals surface area contributed by atoms with E-state index < -0.39 is 0 Å². The van der Waals surface area contributed by atoms with Crippen molar-refractivity contribution in [2.24, 2.45) is 0 Å². The molecule has 0 atom stereocenters. The van der Waals surface area contributed by atoms with Gasteiger partial charge in [-0.2, -0.15) is 4.89 Å². The second-order valence-corrected chi connectivity index (χ2v) is 3.13. The third-order valence-electron chi connectivity index (χ3n) is 2.14. The Balaban J connectivity index is 0.00000112. The van der Waals surface area contributed by atoms with Crippen molar-refractivity contribution in [1.82, 2.24) is 0 Å². The average molecular weight is 229 g/mol. The number of allylic oxidation sites excluding steroid dienone is 1. The molecule has 0 unspecified atom stereocenters. The van der Waals surface area contributed by atoms with Gasteiger partial charge in [-0.05, 0) is 18.2 Å². The Labute approximate surface area is 94.2 Å². The number of anilines is 2. The maximum atomic E-state index is 5.80. The number of benzene rings is 1. The molecule has 5 heteroatoms. The summed E-state index contributed by atoms with van der Waals surface area (Å²) in [5.74, 6) is 0.759. The molecule has 4 N–H and O–H groups in total. The van der Waals surface area contributed by atoms with Crippen LogP contribution in [-0.4, -0.2) is 6.61 Å². The number of rotatable bonds is 2. The van der Waals surface area contributed by atoms with E-state index in [2.05, 4.69) is 0 Å². The highest BCUT2D eigenvalue weighted by Gasteiger charge is 2.11. The summed E-state index contributed by atoms with van der Waals surface area (Å²) in [6.45, 7) is 0.488. The number of hydrogen-bond donors (Lipinski definition) is 2. The zero-order valence-corrected chi connectivity index (χ0v) is 8.92. The lowest BCUT2D eigenvalue weighted by molar-refractivity contribution is -0.234. The maximum Gasteiger partial charge on any atom is 0.145 e.